The molecule has 0 amide bonds. The Hall–Kier alpha value is -1.78. The van der Waals surface area contributed by atoms with Crippen molar-refractivity contribution < 1.29 is 14.9 Å². The molecule has 0 aliphatic rings. The maximum atomic E-state index is 9.40. The van der Waals surface area contributed by atoms with Crippen LogP contribution in [-0.4, -0.2) is 17.3 Å². The minimum absolute atomic E-state index is 0.0373. The molecule has 6 N–H and O–H groups in total. The van der Waals surface area contributed by atoms with Crippen molar-refractivity contribution in [3.05, 3.63) is 5.56 Å². The first-order chi connectivity index (χ1) is 6.00. The zero-order valence-electron chi connectivity index (χ0n) is 7.46. The monoisotopic (exact) mass is 184 g/mol. The molecule has 0 spiro atoms. The van der Waals surface area contributed by atoms with E-state index in [4.69, 9.17) is 16.2 Å². The molecule has 0 saturated heterocycles. The molecule has 0 aliphatic heterocycles. The molecule has 1 aromatic rings. The Bertz CT molecular complexity index is 321. The van der Waals surface area contributed by atoms with E-state index in [0.29, 0.717) is 0 Å². The molecule has 1 aromatic carbocycles. The highest BCUT2D eigenvalue weighted by atomic mass is 16.5. The van der Waals surface area contributed by atoms with Crippen molar-refractivity contribution in [2.24, 2.45) is 0 Å². The standard InChI is InChI=1S/C8H12N2O3/c1-3-6(11)4(9)8(13-2)5(10)7(3)12/h11-12H,9-10H2,1-2H3. The van der Waals surface area contributed by atoms with Crippen LogP contribution in [0.1, 0.15) is 5.56 Å². The lowest BCUT2D eigenvalue weighted by atomic mass is 10.1. The van der Waals surface area contributed by atoms with Gasteiger partial charge in [0.2, 0.25) is 0 Å². The SMILES string of the molecule is COc1c(N)c(O)c(C)c(O)c1N. The van der Waals surface area contributed by atoms with Crippen molar-refractivity contribution in [1.29, 1.82) is 0 Å². The summed E-state index contributed by atoms with van der Waals surface area (Å²) in [5, 5.41) is 18.8. The lowest BCUT2D eigenvalue weighted by Crippen LogP contribution is -2.00. The maximum absolute atomic E-state index is 9.40. The smallest absolute Gasteiger partial charge is 0.172 e. The van der Waals surface area contributed by atoms with Crippen molar-refractivity contribution >= 4 is 11.4 Å². The van der Waals surface area contributed by atoms with E-state index in [1.807, 2.05) is 0 Å². The van der Waals surface area contributed by atoms with Crippen LogP contribution in [0.2, 0.25) is 0 Å². The molecule has 0 aromatic heterocycles. The topological polar surface area (TPSA) is 102 Å². The summed E-state index contributed by atoms with van der Waals surface area (Å²) < 4.78 is 4.82. The maximum Gasteiger partial charge on any atom is 0.172 e. The number of ether oxygens (including phenoxy) is 1. The van der Waals surface area contributed by atoms with E-state index in [9.17, 15) is 10.2 Å². The average molecular weight is 184 g/mol. The molecule has 0 atom stereocenters. The zero-order valence-corrected chi connectivity index (χ0v) is 7.46. The van der Waals surface area contributed by atoms with Gasteiger partial charge < -0.3 is 26.4 Å². The third-order valence-electron chi connectivity index (χ3n) is 1.91. The van der Waals surface area contributed by atoms with Gasteiger partial charge in [-0.15, -0.1) is 0 Å². The third-order valence-corrected chi connectivity index (χ3v) is 1.91. The number of phenols is 2. The fourth-order valence-corrected chi connectivity index (χ4v) is 1.10. The Kier molecular flexibility index (Phi) is 2.10. The second-order valence-corrected chi connectivity index (χ2v) is 2.68. The number of hydrogen-bond acceptors (Lipinski definition) is 5. The van der Waals surface area contributed by atoms with Crippen LogP contribution in [0.4, 0.5) is 11.4 Å². The molecular weight excluding hydrogens is 172 g/mol. The van der Waals surface area contributed by atoms with Crippen LogP contribution in [0.25, 0.3) is 0 Å². The Morgan fingerprint density at radius 2 is 1.46 bits per heavy atom. The molecule has 0 saturated carbocycles. The molecular formula is C8H12N2O3. The van der Waals surface area contributed by atoms with Gasteiger partial charge in [-0.25, -0.2) is 0 Å². The summed E-state index contributed by atoms with van der Waals surface area (Å²) in [7, 11) is 1.36. The predicted molar refractivity (Wildman–Crippen MR) is 49.9 cm³/mol. The van der Waals surface area contributed by atoms with Crippen molar-refractivity contribution in [3.63, 3.8) is 0 Å². The van der Waals surface area contributed by atoms with Crippen LogP contribution in [-0.2, 0) is 0 Å². The van der Waals surface area contributed by atoms with Gasteiger partial charge in [-0.3, -0.25) is 0 Å². The molecule has 0 bridgehead atoms. The quantitative estimate of drug-likeness (QED) is 0.290. The van der Waals surface area contributed by atoms with Crippen LogP contribution in [0.3, 0.4) is 0 Å². The first-order valence-electron chi connectivity index (χ1n) is 3.64. The second-order valence-electron chi connectivity index (χ2n) is 2.68. The number of nitrogen functional groups attached to an aromatic ring is 2. The van der Waals surface area contributed by atoms with E-state index in [-0.39, 0.29) is 34.2 Å². The Balaban J connectivity index is 3.56. The molecule has 0 heterocycles. The Morgan fingerprint density at radius 1 is 1.08 bits per heavy atom. The number of phenolic OH excluding ortho intramolecular Hbond substituents is 2. The minimum atomic E-state index is -0.205. The van der Waals surface area contributed by atoms with Gasteiger partial charge in [-0.1, -0.05) is 0 Å². The van der Waals surface area contributed by atoms with Crippen molar-refractivity contribution in [2.75, 3.05) is 18.6 Å². The average Bonchev–Trinajstić information content (AvgIpc) is 2.13. The summed E-state index contributed by atoms with van der Waals surface area (Å²) in [6.45, 7) is 1.51. The molecule has 1 rings (SSSR count). The number of benzene rings is 1. The second kappa shape index (κ2) is 2.93. The summed E-state index contributed by atoms with van der Waals surface area (Å²) in [6.07, 6.45) is 0. The number of hydrogen-bond donors (Lipinski definition) is 4. The first kappa shape index (κ1) is 9.31. The Labute approximate surface area is 75.5 Å². The highest BCUT2D eigenvalue weighted by molar-refractivity contribution is 5.81. The van der Waals surface area contributed by atoms with Gasteiger partial charge >= 0.3 is 0 Å². The summed E-state index contributed by atoms with van der Waals surface area (Å²) in [5.41, 5.74) is 11.3. The van der Waals surface area contributed by atoms with E-state index in [0.717, 1.165) is 0 Å². The third kappa shape index (κ3) is 1.18. The van der Waals surface area contributed by atoms with Crippen molar-refractivity contribution in [1.82, 2.24) is 0 Å². The van der Waals surface area contributed by atoms with Crippen molar-refractivity contribution in [2.45, 2.75) is 6.92 Å². The fraction of sp³-hybridized carbons (Fsp3) is 0.250. The summed E-state index contributed by atoms with van der Waals surface area (Å²) in [6, 6.07) is 0. The van der Waals surface area contributed by atoms with Crippen LogP contribution in [0, 0.1) is 6.92 Å². The highest BCUT2D eigenvalue weighted by Crippen LogP contribution is 2.45. The molecule has 0 radical (unpaired) electrons. The predicted octanol–water partition coefficient (Wildman–Crippen LogP) is 0.579. The van der Waals surface area contributed by atoms with Gasteiger partial charge in [0.1, 0.15) is 22.9 Å². The lowest BCUT2D eigenvalue weighted by molar-refractivity contribution is 0.402. The lowest BCUT2D eigenvalue weighted by Gasteiger charge is -2.13. The number of aromatic hydroxyl groups is 2. The molecule has 0 unspecified atom stereocenters. The molecule has 72 valence electrons. The van der Waals surface area contributed by atoms with E-state index in [1.54, 1.807) is 0 Å². The number of methoxy groups -OCH3 is 1. The zero-order chi connectivity index (χ0) is 10.2. The number of anilines is 2. The Morgan fingerprint density at radius 3 is 1.77 bits per heavy atom. The summed E-state index contributed by atoms with van der Waals surface area (Å²) in [4.78, 5) is 0. The molecule has 0 aliphatic carbocycles. The molecule has 0 fully saturated rings. The van der Waals surface area contributed by atoms with Crippen LogP contribution in [0.5, 0.6) is 17.2 Å². The van der Waals surface area contributed by atoms with Gasteiger partial charge in [-0.05, 0) is 6.92 Å². The van der Waals surface area contributed by atoms with E-state index >= 15 is 0 Å². The fourth-order valence-electron chi connectivity index (χ4n) is 1.10. The van der Waals surface area contributed by atoms with E-state index in [2.05, 4.69) is 0 Å². The number of nitrogens with two attached hydrogens (primary N) is 2. The van der Waals surface area contributed by atoms with Gasteiger partial charge in [0, 0.05) is 5.56 Å². The summed E-state index contributed by atoms with van der Waals surface area (Å²) >= 11 is 0. The molecule has 13 heavy (non-hydrogen) atoms. The highest BCUT2D eigenvalue weighted by Gasteiger charge is 2.17. The van der Waals surface area contributed by atoms with Crippen LogP contribution in [0.15, 0.2) is 0 Å². The summed E-state index contributed by atoms with van der Waals surface area (Å²) in [5.74, 6) is -0.312. The number of rotatable bonds is 1. The largest absolute Gasteiger partial charge is 0.505 e. The van der Waals surface area contributed by atoms with E-state index in [1.165, 1.54) is 14.0 Å². The van der Waals surface area contributed by atoms with Crippen molar-refractivity contribution in [3.8, 4) is 17.2 Å². The molecule has 5 heteroatoms. The van der Waals surface area contributed by atoms with E-state index < -0.39 is 0 Å². The minimum Gasteiger partial charge on any atom is -0.505 e. The van der Waals surface area contributed by atoms with Gasteiger partial charge in [0.25, 0.3) is 0 Å². The van der Waals surface area contributed by atoms with Gasteiger partial charge in [0.05, 0.1) is 7.11 Å². The van der Waals surface area contributed by atoms with Crippen LogP contribution < -0.4 is 16.2 Å². The molecule has 5 nitrogen and oxygen atoms in total. The normalized spacial score (nSPS) is 10.0. The van der Waals surface area contributed by atoms with Gasteiger partial charge in [-0.2, -0.15) is 0 Å². The van der Waals surface area contributed by atoms with Crippen LogP contribution >= 0.6 is 0 Å². The first-order valence-corrected chi connectivity index (χ1v) is 3.64. The van der Waals surface area contributed by atoms with Gasteiger partial charge in [0.15, 0.2) is 5.75 Å².